The Morgan fingerprint density at radius 3 is 2.40 bits per heavy atom. The van der Waals surface area contributed by atoms with Crippen LogP contribution in [0.3, 0.4) is 0 Å². The zero-order chi connectivity index (χ0) is 21.6. The van der Waals surface area contributed by atoms with Gasteiger partial charge in [-0.15, -0.1) is 0 Å². The van der Waals surface area contributed by atoms with Gasteiger partial charge in [-0.2, -0.15) is 9.40 Å². The summed E-state index contributed by atoms with van der Waals surface area (Å²) in [6.07, 6.45) is 5.84. The summed E-state index contributed by atoms with van der Waals surface area (Å²) in [4.78, 5) is 16.8. The molecule has 3 aromatic rings. The summed E-state index contributed by atoms with van der Waals surface area (Å²) in [6.45, 7) is 4.49. The fourth-order valence-corrected chi connectivity index (χ4v) is 4.48. The molecular weight excluding hydrogens is 402 g/mol. The third kappa shape index (κ3) is 5.11. The molecule has 0 aliphatic heterocycles. The van der Waals surface area contributed by atoms with Gasteiger partial charge in [-0.3, -0.25) is 4.79 Å². The van der Waals surface area contributed by atoms with Crippen molar-refractivity contribution in [2.75, 3.05) is 18.4 Å². The summed E-state index contributed by atoms with van der Waals surface area (Å²) >= 11 is 0. The lowest BCUT2D eigenvalue weighted by molar-refractivity contribution is -0.116. The fourth-order valence-electron chi connectivity index (χ4n) is 3.02. The molecule has 158 valence electrons. The van der Waals surface area contributed by atoms with Crippen molar-refractivity contribution in [2.45, 2.75) is 31.6 Å². The number of nitrogens with zero attached hydrogens (tertiary/aromatic N) is 4. The normalized spacial score (nSPS) is 11.6. The van der Waals surface area contributed by atoms with E-state index in [1.54, 1.807) is 59.7 Å². The molecule has 0 atom stereocenters. The van der Waals surface area contributed by atoms with Crippen LogP contribution in [0.1, 0.15) is 25.8 Å². The fraction of sp³-hybridized carbons (Fsp3) is 0.286. The first kappa shape index (κ1) is 21.7. The van der Waals surface area contributed by atoms with Crippen LogP contribution in [0.4, 0.5) is 5.69 Å². The zero-order valence-corrected chi connectivity index (χ0v) is 17.8. The van der Waals surface area contributed by atoms with Gasteiger partial charge in [0.2, 0.25) is 15.9 Å². The van der Waals surface area contributed by atoms with Gasteiger partial charge in [0.25, 0.3) is 0 Å². The van der Waals surface area contributed by atoms with Crippen LogP contribution < -0.4 is 5.32 Å². The van der Waals surface area contributed by atoms with Gasteiger partial charge in [-0.05, 0) is 42.3 Å². The lowest BCUT2D eigenvalue weighted by Gasteiger charge is -2.18. The molecule has 3 rings (SSSR count). The van der Waals surface area contributed by atoms with E-state index in [1.165, 1.54) is 4.31 Å². The van der Waals surface area contributed by atoms with Crippen molar-refractivity contribution >= 4 is 21.6 Å². The Balaban J connectivity index is 1.55. The molecular formula is C21H25N5O3S. The van der Waals surface area contributed by atoms with Crippen molar-refractivity contribution in [1.82, 2.24) is 19.1 Å². The highest BCUT2D eigenvalue weighted by molar-refractivity contribution is 7.89. The Morgan fingerprint density at radius 1 is 1.10 bits per heavy atom. The van der Waals surface area contributed by atoms with Crippen molar-refractivity contribution in [3.63, 3.8) is 0 Å². The number of hydrogen-bond donors (Lipinski definition) is 1. The second-order valence-corrected chi connectivity index (χ2v) is 8.58. The maximum absolute atomic E-state index is 12.5. The van der Waals surface area contributed by atoms with Crippen molar-refractivity contribution in [3.8, 4) is 5.82 Å². The number of amides is 1. The van der Waals surface area contributed by atoms with E-state index in [0.717, 1.165) is 5.56 Å². The number of hydrogen-bond acceptors (Lipinski definition) is 5. The standard InChI is InChI=1S/C21H25N5O3S/c1-3-25(4-2)30(28,29)19-10-6-17(7-11-19)8-13-21(27)24-18-9-12-20(22-16-18)26-15-5-14-23-26/h5-7,9-12,14-16H,3-4,8,13H2,1-2H3,(H,24,27). The van der Waals surface area contributed by atoms with Crippen LogP contribution in [-0.4, -0.2) is 46.5 Å². The molecule has 1 N–H and O–H groups in total. The number of carbonyl (C=O) groups is 1. The Labute approximate surface area is 176 Å². The molecule has 2 aromatic heterocycles. The number of carbonyl (C=O) groups excluding carboxylic acids is 1. The number of benzene rings is 1. The van der Waals surface area contributed by atoms with E-state index in [-0.39, 0.29) is 17.2 Å². The highest BCUT2D eigenvalue weighted by Crippen LogP contribution is 2.17. The number of rotatable bonds is 9. The molecule has 0 spiro atoms. The Hall–Kier alpha value is -3.04. The SMILES string of the molecule is CCN(CC)S(=O)(=O)c1ccc(CCC(=O)Nc2ccc(-n3cccn3)nc2)cc1. The molecule has 0 bridgehead atoms. The number of pyridine rings is 1. The number of sulfonamides is 1. The van der Waals surface area contributed by atoms with E-state index < -0.39 is 10.0 Å². The third-order valence-corrected chi connectivity index (χ3v) is 6.74. The molecule has 0 saturated heterocycles. The monoisotopic (exact) mass is 427 g/mol. The zero-order valence-electron chi connectivity index (χ0n) is 17.0. The van der Waals surface area contributed by atoms with Crippen LogP contribution in [0.2, 0.25) is 0 Å². The molecule has 0 aliphatic carbocycles. The summed E-state index contributed by atoms with van der Waals surface area (Å²) in [5.74, 6) is 0.529. The molecule has 0 aliphatic rings. The molecule has 0 saturated carbocycles. The minimum Gasteiger partial charge on any atom is -0.325 e. The maximum atomic E-state index is 12.5. The van der Waals surface area contributed by atoms with Gasteiger partial charge in [0.05, 0.1) is 16.8 Å². The second kappa shape index (κ2) is 9.64. The Morgan fingerprint density at radius 2 is 1.83 bits per heavy atom. The van der Waals surface area contributed by atoms with E-state index in [1.807, 2.05) is 19.9 Å². The minimum atomic E-state index is -3.47. The summed E-state index contributed by atoms with van der Waals surface area (Å²) in [5.41, 5.74) is 1.51. The van der Waals surface area contributed by atoms with Crippen LogP contribution >= 0.6 is 0 Å². The molecule has 0 unspecified atom stereocenters. The van der Waals surface area contributed by atoms with Crippen LogP contribution in [0.5, 0.6) is 0 Å². The van der Waals surface area contributed by atoms with Crippen molar-refractivity contribution in [2.24, 2.45) is 0 Å². The van der Waals surface area contributed by atoms with Gasteiger partial charge >= 0.3 is 0 Å². The molecule has 1 aromatic carbocycles. The van der Waals surface area contributed by atoms with Crippen molar-refractivity contribution in [3.05, 3.63) is 66.6 Å². The van der Waals surface area contributed by atoms with E-state index in [0.29, 0.717) is 31.0 Å². The molecule has 0 radical (unpaired) electrons. The predicted octanol–water partition coefficient (Wildman–Crippen LogP) is 2.87. The summed E-state index contributed by atoms with van der Waals surface area (Å²) in [7, 11) is -3.47. The molecule has 2 heterocycles. The average molecular weight is 428 g/mol. The lowest BCUT2D eigenvalue weighted by Crippen LogP contribution is -2.30. The van der Waals surface area contributed by atoms with Gasteiger partial charge in [0.15, 0.2) is 5.82 Å². The highest BCUT2D eigenvalue weighted by atomic mass is 32.2. The van der Waals surface area contributed by atoms with E-state index in [9.17, 15) is 13.2 Å². The average Bonchev–Trinajstić information content (AvgIpc) is 3.29. The van der Waals surface area contributed by atoms with Crippen LogP contribution in [-0.2, 0) is 21.2 Å². The van der Waals surface area contributed by atoms with Gasteiger partial charge in [-0.25, -0.2) is 18.1 Å². The quantitative estimate of drug-likeness (QED) is 0.566. The first-order chi connectivity index (χ1) is 14.4. The summed E-state index contributed by atoms with van der Waals surface area (Å²) < 4.78 is 28.1. The topological polar surface area (TPSA) is 97.2 Å². The minimum absolute atomic E-state index is 0.136. The van der Waals surface area contributed by atoms with Crippen molar-refractivity contribution in [1.29, 1.82) is 0 Å². The smallest absolute Gasteiger partial charge is 0.243 e. The Bertz CT molecular complexity index is 1060. The third-order valence-electron chi connectivity index (χ3n) is 4.68. The number of nitrogens with one attached hydrogen (secondary N) is 1. The molecule has 30 heavy (non-hydrogen) atoms. The summed E-state index contributed by atoms with van der Waals surface area (Å²) in [6, 6.07) is 12.1. The second-order valence-electron chi connectivity index (χ2n) is 6.64. The van der Waals surface area contributed by atoms with Crippen LogP contribution in [0, 0.1) is 0 Å². The number of aryl methyl sites for hydroxylation is 1. The van der Waals surface area contributed by atoms with Gasteiger partial charge in [-0.1, -0.05) is 26.0 Å². The summed E-state index contributed by atoms with van der Waals surface area (Å²) in [5, 5.41) is 6.92. The lowest BCUT2D eigenvalue weighted by atomic mass is 10.1. The number of aromatic nitrogens is 3. The first-order valence-corrected chi connectivity index (χ1v) is 11.2. The molecule has 9 heteroatoms. The van der Waals surface area contributed by atoms with Gasteiger partial charge in [0.1, 0.15) is 0 Å². The predicted molar refractivity (Wildman–Crippen MR) is 115 cm³/mol. The molecule has 0 fully saturated rings. The molecule has 8 nitrogen and oxygen atoms in total. The van der Waals surface area contributed by atoms with Crippen LogP contribution in [0.15, 0.2) is 66.0 Å². The van der Waals surface area contributed by atoms with E-state index in [4.69, 9.17) is 0 Å². The highest BCUT2D eigenvalue weighted by Gasteiger charge is 2.21. The largest absolute Gasteiger partial charge is 0.325 e. The van der Waals surface area contributed by atoms with Gasteiger partial charge in [0, 0.05) is 31.9 Å². The first-order valence-electron chi connectivity index (χ1n) is 9.79. The van der Waals surface area contributed by atoms with Gasteiger partial charge < -0.3 is 5.32 Å². The maximum Gasteiger partial charge on any atom is 0.243 e. The molecule has 1 amide bonds. The van der Waals surface area contributed by atoms with E-state index in [2.05, 4.69) is 15.4 Å². The number of anilines is 1. The van der Waals surface area contributed by atoms with Crippen molar-refractivity contribution < 1.29 is 13.2 Å². The van der Waals surface area contributed by atoms with Crippen LogP contribution in [0.25, 0.3) is 5.82 Å². The van der Waals surface area contributed by atoms with E-state index >= 15 is 0 Å². The Kier molecular flexibility index (Phi) is 6.96.